The van der Waals surface area contributed by atoms with Crippen molar-refractivity contribution >= 4 is 17.3 Å². The maximum Gasteiger partial charge on any atom is 0.139 e. The van der Waals surface area contributed by atoms with Crippen molar-refractivity contribution in [3.8, 4) is 0 Å². The zero-order valence-electron chi connectivity index (χ0n) is 12.4. The lowest BCUT2D eigenvalue weighted by molar-refractivity contribution is 0.836. The van der Waals surface area contributed by atoms with Crippen molar-refractivity contribution in [3.05, 3.63) is 41.2 Å². The minimum atomic E-state index is 0.555. The number of nitrogens with two attached hydrogens (primary N) is 1. The van der Waals surface area contributed by atoms with Gasteiger partial charge in [-0.2, -0.15) is 0 Å². The first kappa shape index (κ1) is 14.3. The monoisotopic (exact) mass is 270 g/mol. The number of para-hydroxylation sites is 1. The molecule has 0 fully saturated rings. The number of nitrogen functional groups attached to an aromatic ring is 1. The van der Waals surface area contributed by atoms with Crippen molar-refractivity contribution in [1.29, 1.82) is 0 Å². The summed E-state index contributed by atoms with van der Waals surface area (Å²) in [6.45, 7) is 6.20. The molecular weight excluding hydrogens is 248 g/mol. The highest BCUT2D eigenvalue weighted by Gasteiger charge is 2.10. The van der Waals surface area contributed by atoms with Crippen molar-refractivity contribution in [3.63, 3.8) is 0 Å². The first-order valence-electron chi connectivity index (χ1n) is 7.13. The van der Waals surface area contributed by atoms with Gasteiger partial charge in [0, 0.05) is 17.7 Å². The Balaban J connectivity index is 2.37. The van der Waals surface area contributed by atoms with Crippen molar-refractivity contribution < 1.29 is 0 Å². The molecule has 0 radical (unpaired) electrons. The number of benzene rings is 1. The summed E-state index contributed by atoms with van der Waals surface area (Å²) < 4.78 is 0. The van der Waals surface area contributed by atoms with E-state index in [1.54, 1.807) is 0 Å². The maximum absolute atomic E-state index is 5.98. The van der Waals surface area contributed by atoms with E-state index in [4.69, 9.17) is 5.73 Å². The minimum absolute atomic E-state index is 0.555. The van der Waals surface area contributed by atoms with Gasteiger partial charge in [-0.25, -0.2) is 9.97 Å². The van der Waals surface area contributed by atoms with E-state index in [1.807, 2.05) is 19.1 Å². The molecular formula is C16H22N4. The van der Waals surface area contributed by atoms with Gasteiger partial charge in [0.25, 0.3) is 0 Å². The van der Waals surface area contributed by atoms with Crippen LogP contribution in [0.1, 0.15) is 37.2 Å². The average molecular weight is 270 g/mol. The van der Waals surface area contributed by atoms with Gasteiger partial charge in [0.15, 0.2) is 0 Å². The molecule has 0 spiro atoms. The molecule has 0 aliphatic rings. The van der Waals surface area contributed by atoms with Crippen LogP contribution in [-0.2, 0) is 12.8 Å². The lowest BCUT2D eigenvalue weighted by Gasteiger charge is -2.14. The predicted molar refractivity (Wildman–Crippen MR) is 84.3 cm³/mol. The maximum atomic E-state index is 5.98. The van der Waals surface area contributed by atoms with Gasteiger partial charge in [-0.15, -0.1) is 0 Å². The van der Waals surface area contributed by atoms with E-state index in [-0.39, 0.29) is 0 Å². The molecule has 0 saturated heterocycles. The molecule has 0 aliphatic carbocycles. The fourth-order valence-corrected chi connectivity index (χ4v) is 2.12. The quantitative estimate of drug-likeness (QED) is 0.871. The SMILES string of the molecule is CCCc1nc(N)c(C)c(Nc2ccccc2CC)n1. The van der Waals surface area contributed by atoms with Crippen LogP contribution in [0.5, 0.6) is 0 Å². The minimum Gasteiger partial charge on any atom is -0.383 e. The Morgan fingerprint density at radius 1 is 1.15 bits per heavy atom. The normalized spacial score (nSPS) is 10.6. The number of hydrogen-bond donors (Lipinski definition) is 2. The summed E-state index contributed by atoms with van der Waals surface area (Å²) in [7, 11) is 0. The number of aryl methyl sites for hydroxylation is 2. The zero-order chi connectivity index (χ0) is 14.5. The highest BCUT2D eigenvalue weighted by Crippen LogP contribution is 2.24. The van der Waals surface area contributed by atoms with Crippen LogP contribution in [0.25, 0.3) is 0 Å². The molecule has 1 heterocycles. The number of hydrogen-bond acceptors (Lipinski definition) is 4. The highest BCUT2D eigenvalue weighted by atomic mass is 15.1. The Kier molecular flexibility index (Phi) is 4.56. The summed E-state index contributed by atoms with van der Waals surface area (Å²) in [4.78, 5) is 8.93. The number of nitrogens with one attached hydrogen (secondary N) is 1. The van der Waals surface area contributed by atoms with Crippen molar-refractivity contribution in [2.24, 2.45) is 0 Å². The second-order valence-electron chi connectivity index (χ2n) is 4.88. The smallest absolute Gasteiger partial charge is 0.139 e. The highest BCUT2D eigenvalue weighted by molar-refractivity contribution is 5.66. The van der Waals surface area contributed by atoms with Crippen molar-refractivity contribution in [2.75, 3.05) is 11.1 Å². The second kappa shape index (κ2) is 6.37. The van der Waals surface area contributed by atoms with Gasteiger partial charge in [-0.05, 0) is 31.4 Å². The molecule has 2 aromatic rings. The third-order valence-corrected chi connectivity index (χ3v) is 3.35. The molecule has 4 heteroatoms. The summed E-state index contributed by atoms with van der Waals surface area (Å²) in [5.74, 6) is 2.16. The Hall–Kier alpha value is -2.10. The first-order valence-corrected chi connectivity index (χ1v) is 7.13. The van der Waals surface area contributed by atoms with E-state index >= 15 is 0 Å². The summed E-state index contributed by atoms with van der Waals surface area (Å²) in [5.41, 5.74) is 9.23. The standard InChI is InChI=1S/C16H22N4/c1-4-8-14-19-15(17)11(3)16(20-14)18-13-10-7-6-9-12(13)5-2/h6-7,9-10H,4-5,8H2,1-3H3,(H3,17,18,19,20). The summed E-state index contributed by atoms with van der Waals surface area (Å²) >= 11 is 0. The fourth-order valence-electron chi connectivity index (χ4n) is 2.12. The van der Waals surface area contributed by atoms with Crippen molar-refractivity contribution in [1.82, 2.24) is 9.97 Å². The Morgan fingerprint density at radius 3 is 2.60 bits per heavy atom. The fraction of sp³-hybridized carbons (Fsp3) is 0.375. The van der Waals surface area contributed by atoms with Gasteiger partial charge in [0.05, 0.1) is 0 Å². The molecule has 20 heavy (non-hydrogen) atoms. The third kappa shape index (κ3) is 3.07. The molecule has 0 bridgehead atoms. The van der Waals surface area contributed by atoms with E-state index in [1.165, 1.54) is 5.56 Å². The van der Waals surface area contributed by atoms with Gasteiger partial charge in [-0.3, -0.25) is 0 Å². The average Bonchev–Trinajstić information content (AvgIpc) is 2.45. The Morgan fingerprint density at radius 2 is 1.90 bits per heavy atom. The summed E-state index contributed by atoms with van der Waals surface area (Å²) in [6, 6.07) is 8.26. The lowest BCUT2D eigenvalue weighted by atomic mass is 10.1. The molecule has 106 valence electrons. The van der Waals surface area contributed by atoms with E-state index < -0.39 is 0 Å². The van der Waals surface area contributed by atoms with Gasteiger partial charge >= 0.3 is 0 Å². The molecule has 0 amide bonds. The van der Waals surface area contributed by atoms with Crippen LogP contribution in [0.3, 0.4) is 0 Å². The Labute approximate surface area is 120 Å². The molecule has 1 aromatic carbocycles. The van der Waals surface area contributed by atoms with Crippen molar-refractivity contribution in [2.45, 2.75) is 40.0 Å². The van der Waals surface area contributed by atoms with Gasteiger partial charge in [0.2, 0.25) is 0 Å². The molecule has 0 aliphatic heterocycles. The second-order valence-corrected chi connectivity index (χ2v) is 4.88. The molecule has 0 atom stereocenters. The van der Waals surface area contributed by atoms with E-state index in [9.17, 15) is 0 Å². The van der Waals surface area contributed by atoms with Crippen LogP contribution in [0, 0.1) is 6.92 Å². The van der Waals surface area contributed by atoms with E-state index in [0.29, 0.717) is 5.82 Å². The number of rotatable bonds is 5. The van der Waals surface area contributed by atoms with Gasteiger partial charge in [0.1, 0.15) is 17.5 Å². The Bertz CT molecular complexity index is 593. The molecule has 1 aromatic heterocycles. The largest absolute Gasteiger partial charge is 0.383 e. The summed E-state index contributed by atoms with van der Waals surface area (Å²) in [5, 5.41) is 3.40. The van der Waals surface area contributed by atoms with Crippen LogP contribution in [0.2, 0.25) is 0 Å². The molecule has 0 unspecified atom stereocenters. The van der Waals surface area contributed by atoms with Crippen LogP contribution >= 0.6 is 0 Å². The molecule has 0 saturated carbocycles. The van der Waals surface area contributed by atoms with Crippen LogP contribution < -0.4 is 11.1 Å². The topological polar surface area (TPSA) is 63.8 Å². The number of anilines is 3. The molecule has 2 rings (SSSR count). The van der Waals surface area contributed by atoms with Crippen LogP contribution in [0.4, 0.5) is 17.3 Å². The van der Waals surface area contributed by atoms with Gasteiger partial charge in [-0.1, -0.05) is 32.0 Å². The van der Waals surface area contributed by atoms with Crippen LogP contribution in [0.15, 0.2) is 24.3 Å². The molecule has 3 N–H and O–H groups in total. The number of aromatic nitrogens is 2. The third-order valence-electron chi connectivity index (χ3n) is 3.35. The van der Waals surface area contributed by atoms with E-state index in [2.05, 4.69) is 41.3 Å². The van der Waals surface area contributed by atoms with E-state index in [0.717, 1.165) is 42.2 Å². The zero-order valence-corrected chi connectivity index (χ0v) is 12.4. The van der Waals surface area contributed by atoms with Gasteiger partial charge < -0.3 is 11.1 Å². The summed E-state index contributed by atoms with van der Waals surface area (Å²) in [6.07, 6.45) is 2.83. The van der Waals surface area contributed by atoms with Crippen LogP contribution in [-0.4, -0.2) is 9.97 Å². The molecule has 4 nitrogen and oxygen atoms in total. The lowest BCUT2D eigenvalue weighted by Crippen LogP contribution is -2.07. The predicted octanol–water partition coefficient (Wildman–Crippen LogP) is 3.63. The number of nitrogens with zero attached hydrogens (tertiary/aromatic N) is 2. The first-order chi connectivity index (χ1) is 9.65.